The van der Waals surface area contributed by atoms with E-state index in [1.165, 1.54) is 27.2 Å². The summed E-state index contributed by atoms with van der Waals surface area (Å²) in [6.07, 6.45) is 3.42. The molecule has 2 N–H and O–H groups in total. The van der Waals surface area contributed by atoms with E-state index < -0.39 is 17.6 Å². The molecule has 0 aromatic heterocycles. The minimum atomic E-state index is -1.10. The number of nitrogens with zero attached hydrogens (tertiary/aromatic N) is 1. The molecule has 1 aliphatic heterocycles. The topological polar surface area (TPSA) is 95.9 Å². The standard InChI is InChI=1S/C28H32N2O5/c1-28(26(32)33)13-6-14-30(28)25(31)16-18-11-12-19(15-18)29-27(34)35-17-24-22-9-4-2-7-20(22)21-8-3-5-10-23(21)24/h2-5,7-10,18-19,24H,6,11-17H2,1H3,(H,29,34)(H,32,33)/t18-,19+,28?/m1/s1. The molecule has 0 spiro atoms. The molecule has 7 nitrogen and oxygen atoms in total. The van der Waals surface area contributed by atoms with Gasteiger partial charge in [-0.25, -0.2) is 9.59 Å². The van der Waals surface area contributed by atoms with Crippen LogP contribution in [0.4, 0.5) is 4.79 Å². The first-order valence-electron chi connectivity index (χ1n) is 12.5. The van der Waals surface area contributed by atoms with Crippen LogP contribution in [-0.4, -0.2) is 52.7 Å². The quantitative estimate of drug-likeness (QED) is 0.638. The predicted molar refractivity (Wildman–Crippen MR) is 131 cm³/mol. The van der Waals surface area contributed by atoms with Crippen LogP contribution in [0.3, 0.4) is 0 Å². The molecule has 1 unspecified atom stereocenters. The third-order valence-corrected chi connectivity index (χ3v) is 8.07. The lowest BCUT2D eigenvalue weighted by Crippen LogP contribution is -2.51. The number of ether oxygens (including phenoxy) is 1. The van der Waals surface area contributed by atoms with Crippen molar-refractivity contribution in [3.8, 4) is 11.1 Å². The second-order valence-corrected chi connectivity index (χ2v) is 10.3. The fourth-order valence-electron chi connectivity index (χ4n) is 6.14. The average molecular weight is 477 g/mol. The summed E-state index contributed by atoms with van der Waals surface area (Å²) in [5, 5.41) is 12.6. The summed E-state index contributed by atoms with van der Waals surface area (Å²) in [5.74, 6) is -0.880. The van der Waals surface area contributed by atoms with Crippen LogP contribution in [0.1, 0.15) is 62.5 Å². The fraction of sp³-hybridized carbons (Fsp3) is 0.464. The van der Waals surface area contributed by atoms with Gasteiger partial charge in [0.1, 0.15) is 12.1 Å². The van der Waals surface area contributed by atoms with E-state index in [0.717, 1.165) is 12.8 Å². The summed E-state index contributed by atoms with van der Waals surface area (Å²) in [6.45, 7) is 2.41. The maximum absolute atomic E-state index is 12.9. The third-order valence-electron chi connectivity index (χ3n) is 8.07. The molecule has 184 valence electrons. The van der Waals surface area contributed by atoms with Gasteiger partial charge in [-0.15, -0.1) is 0 Å². The number of benzene rings is 2. The molecule has 35 heavy (non-hydrogen) atoms. The van der Waals surface area contributed by atoms with Crippen LogP contribution in [0, 0.1) is 5.92 Å². The SMILES string of the molecule is CC1(C(=O)O)CCCN1C(=O)C[C@@H]1CC[C@H](NC(=O)OCC2c3ccccc3-c3ccccc32)C1. The van der Waals surface area contributed by atoms with E-state index in [-0.39, 0.29) is 30.4 Å². The molecular formula is C28H32N2O5. The molecule has 2 amide bonds. The molecule has 3 atom stereocenters. The summed E-state index contributed by atoms with van der Waals surface area (Å²) < 4.78 is 5.66. The maximum atomic E-state index is 12.9. The van der Waals surface area contributed by atoms with Crippen LogP contribution in [-0.2, 0) is 14.3 Å². The number of carboxylic acids is 1. The number of alkyl carbamates (subject to hydrolysis) is 1. The zero-order chi connectivity index (χ0) is 24.6. The number of hydrogen-bond donors (Lipinski definition) is 2. The fourth-order valence-corrected chi connectivity index (χ4v) is 6.14. The Morgan fingerprint density at radius 1 is 1.06 bits per heavy atom. The van der Waals surface area contributed by atoms with Crippen LogP contribution in [0.15, 0.2) is 48.5 Å². The largest absolute Gasteiger partial charge is 0.480 e. The maximum Gasteiger partial charge on any atom is 0.407 e. The van der Waals surface area contributed by atoms with Crippen LogP contribution < -0.4 is 5.32 Å². The van der Waals surface area contributed by atoms with Crippen molar-refractivity contribution in [1.82, 2.24) is 10.2 Å². The smallest absolute Gasteiger partial charge is 0.407 e. The van der Waals surface area contributed by atoms with Gasteiger partial charge in [-0.1, -0.05) is 48.5 Å². The molecule has 2 aliphatic carbocycles. The number of fused-ring (bicyclic) bond motifs is 3. The molecule has 1 saturated carbocycles. The van der Waals surface area contributed by atoms with Crippen LogP contribution in [0.2, 0.25) is 0 Å². The monoisotopic (exact) mass is 476 g/mol. The van der Waals surface area contributed by atoms with Crippen LogP contribution in [0.25, 0.3) is 11.1 Å². The molecule has 2 fully saturated rings. The van der Waals surface area contributed by atoms with Gasteiger partial charge in [0.15, 0.2) is 0 Å². The van der Waals surface area contributed by atoms with E-state index in [1.54, 1.807) is 6.92 Å². The van der Waals surface area contributed by atoms with Gasteiger partial charge in [-0.05, 0) is 67.2 Å². The van der Waals surface area contributed by atoms with Crippen molar-refractivity contribution in [1.29, 1.82) is 0 Å². The van der Waals surface area contributed by atoms with Crippen LogP contribution >= 0.6 is 0 Å². The summed E-state index contributed by atoms with van der Waals surface area (Å²) in [7, 11) is 0. The Kier molecular flexibility index (Phi) is 6.26. The molecule has 1 heterocycles. The van der Waals surface area contributed by atoms with E-state index in [2.05, 4.69) is 29.6 Å². The van der Waals surface area contributed by atoms with Crippen molar-refractivity contribution in [3.05, 3.63) is 59.7 Å². The zero-order valence-electron chi connectivity index (χ0n) is 20.0. The highest BCUT2D eigenvalue weighted by molar-refractivity contribution is 5.87. The van der Waals surface area contributed by atoms with Crippen molar-refractivity contribution in [2.45, 2.75) is 62.9 Å². The first-order valence-corrected chi connectivity index (χ1v) is 12.5. The molecule has 3 aliphatic rings. The van der Waals surface area contributed by atoms with E-state index >= 15 is 0 Å². The van der Waals surface area contributed by atoms with Gasteiger partial charge in [0.25, 0.3) is 0 Å². The highest BCUT2D eigenvalue weighted by Gasteiger charge is 2.46. The Hall–Kier alpha value is -3.35. The Labute approximate surface area is 205 Å². The number of carboxylic acid groups (broad SMARTS) is 1. The molecule has 7 heteroatoms. The number of likely N-dealkylation sites (tertiary alicyclic amines) is 1. The minimum absolute atomic E-state index is 0.0195. The summed E-state index contributed by atoms with van der Waals surface area (Å²) in [5.41, 5.74) is 3.64. The highest BCUT2D eigenvalue weighted by atomic mass is 16.5. The van der Waals surface area contributed by atoms with Crippen molar-refractivity contribution in [3.63, 3.8) is 0 Å². The Bertz CT molecular complexity index is 1100. The number of amides is 2. The van der Waals surface area contributed by atoms with Gasteiger partial charge < -0.3 is 20.1 Å². The first-order chi connectivity index (χ1) is 16.9. The number of nitrogens with one attached hydrogen (secondary N) is 1. The highest BCUT2D eigenvalue weighted by Crippen LogP contribution is 2.44. The predicted octanol–water partition coefficient (Wildman–Crippen LogP) is 4.55. The number of carbonyl (C=O) groups excluding carboxylic acids is 2. The Balaban J connectivity index is 1.13. The number of carbonyl (C=O) groups is 3. The molecule has 2 aromatic rings. The second-order valence-electron chi connectivity index (χ2n) is 10.3. The molecular weight excluding hydrogens is 444 g/mol. The lowest BCUT2D eigenvalue weighted by Gasteiger charge is -2.32. The lowest BCUT2D eigenvalue weighted by atomic mass is 9.97. The first kappa shape index (κ1) is 23.4. The van der Waals surface area contributed by atoms with Gasteiger partial charge >= 0.3 is 12.1 Å². The number of hydrogen-bond acceptors (Lipinski definition) is 4. The Morgan fingerprint density at radius 2 is 1.71 bits per heavy atom. The lowest BCUT2D eigenvalue weighted by molar-refractivity contribution is -0.155. The van der Waals surface area contributed by atoms with Gasteiger partial charge in [0, 0.05) is 24.9 Å². The zero-order valence-corrected chi connectivity index (χ0v) is 20.0. The number of rotatable bonds is 6. The molecule has 2 aromatic carbocycles. The molecule has 0 radical (unpaired) electrons. The molecule has 5 rings (SSSR count). The van der Waals surface area contributed by atoms with Gasteiger partial charge in [-0.2, -0.15) is 0 Å². The summed E-state index contributed by atoms with van der Waals surface area (Å²) in [6, 6.07) is 16.4. The minimum Gasteiger partial charge on any atom is -0.480 e. The third kappa shape index (κ3) is 4.40. The average Bonchev–Trinajstić information content (AvgIpc) is 3.54. The van der Waals surface area contributed by atoms with Crippen molar-refractivity contribution in [2.75, 3.05) is 13.2 Å². The Morgan fingerprint density at radius 3 is 2.37 bits per heavy atom. The summed E-state index contributed by atoms with van der Waals surface area (Å²) in [4.78, 5) is 38.7. The second kappa shape index (κ2) is 9.36. The van der Waals surface area contributed by atoms with Gasteiger partial charge in [-0.3, -0.25) is 4.79 Å². The van der Waals surface area contributed by atoms with Gasteiger partial charge in [0.05, 0.1) is 0 Å². The number of aliphatic carboxylic acids is 1. The van der Waals surface area contributed by atoms with E-state index in [9.17, 15) is 19.5 Å². The van der Waals surface area contributed by atoms with E-state index in [0.29, 0.717) is 32.2 Å². The van der Waals surface area contributed by atoms with E-state index in [1.807, 2.05) is 24.3 Å². The summed E-state index contributed by atoms with van der Waals surface area (Å²) >= 11 is 0. The van der Waals surface area contributed by atoms with Crippen LogP contribution in [0.5, 0.6) is 0 Å². The van der Waals surface area contributed by atoms with Crippen molar-refractivity contribution in [2.24, 2.45) is 5.92 Å². The molecule has 0 bridgehead atoms. The van der Waals surface area contributed by atoms with Crippen molar-refractivity contribution >= 4 is 18.0 Å². The van der Waals surface area contributed by atoms with E-state index in [4.69, 9.17) is 4.74 Å². The molecule has 1 saturated heterocycles. The van der Waals surface area contributed by atoms with Gasteiger partial charge in [0.2, 0.25) is 5.91 Å². The normalized spacial score (nSPS) is 25.2. The van der Waals surface area contributed by atoms with Crippen molar-refractivity contribution < 1.29 is 24.2 Å².